The van der Waals surface area contributed by atoms with Crippen LogP contribution in [0, 0.1) is 32.1 Å². The number of nitrogens with zero attached hydrogens (tertiary/aromatic N) is 16. The molecule has 6 aliphatic heterocycles. The van der Waals surface area contributed by atoms with Gasteiger partial charge in [0.2, 0.25) is 0 Å². The van der Waals surface area contributed by atoms with E-state index in [4.69, 9.17) is 42.5 Å². The molecule has 0 aromatic carbocycles. The highest BCUT2D eigenvalue weighted by Crippen LogP contribution is 2.24. The lowest BCUT2D eigenvalue weighted by Gasteiger charge is -2.37. The van der Waals surface area contributed by atoms with Crippen molar-refractivity contribution in [2.45, 2.75) is 20.8 Å². The maximum atomic E-state index is 8.96. The first-order chi connectivity index (χ1) is 36.0. The van der Waals surface area contributed by atoms with Crippen molar-refractivity contribution < 1.29 is 14.2 Å². The van der Waals surface area contributed by atoms with Gasteiger partial charge in [-0.25, -0.2) is 34.9 Å². The molecule has 10 heterocycles. The Morgan fingerprint density at radius 2 is 0.959 bits per heavy atom. The first-order valence-electron chi connectivity index (χ1n) is 26.2. The van der Waals surface area contributed by atoms with E-state index < -0.39 is 0 Å². The Balaban J connectivity index is 0.000000156. The van der Waals surface area contributed by atoms with Gasteiger partial charge in [0.05, 0.1) is 45.8 Å². The van der Waals surface area contributed by atoms with Gasteiger partial charge in [-0.05, 0) is 20.8 Å². The van der Waals surface area contributed by atoms with Crippen molar-refractivity contribution >= 4 is 57.2 Å². The van der Waals surface area contributed by atoms with Crippen molar-refractivity contribution in [3.8, 4) is 6.07 Å². The third-order valence-corrected chi connectivity index (χ3v) is 14.5. The molecule has 74 heavy (non-hydrogen) atoms. The number of piperazine rings is 3. The molecule has 0 unspecified atom stereocenters. The molecular formula is C49H79ClN20O3S. The maximum Gasteiger partial charge on any atom is 0.189 e. The van der Waals surface area contributed by atoms with Gasteiger partial charge >= 0.3 is 0 Å². The van der Waals surface area contributed by atoms with Crippen molar-refractivity contribution in [2.75, 3.05) is 223 Å². The summed E-state index contributed by atoms with van der Waals surface area (Å²) in [6, 6.07) is 7.45. The van der Waals surface area contributed by atoms with E-state index in [2.05, 4.69) is 90.8 Å². The number of hydrogen-bond donors (Lipinski definition) is 4. The number of nitrogens with two attached hydrogens (primary N) is 2. The van der Waals surface area contributed by atoms with Crippen LogP contribution in [0.25, 0.3) is 0 Å². The van der Waals surface area contributed by atoms with Gasteiger partial charge < -0.3 is 46.1 Å². The van der Waals surface area contributed by atoms with Crippen molar-refractivity contribution in [1.29, 1.82) is 5.26 Å². The minimum absolute atomic E-state index is 0.389. The molecular weight excluding hydrogens is 984 g/mol. The van der Waals surface area contributed by atoms with Crippen LogP contribution >= 0.6 is 22.9 Å². The number of ether oxygens (including phenoxy) is 3. The molecule has 4 aromatic heterocycles. The number of halogens is 1. The van der Waals surface area contributed by atoms with Gasteiger partial charge in [-0.15, -0.1) is 0 Å². The summed E-state index contributed by atoms with van der Waals surface area (Å²) in [7, 11) is 0. The number of aryl methyl sites for hydroxylation is 3. The summed E-state index contributed by atoms with van der Waals surface area (Å²) in [5.74, 6) is 5.62. The Labute approximate surface area is 446 Å². The Bertz CT molecular complexity index is 2200. The van der Waals surface area contributed by atoms with Crippen LogP contribution in [0.4, 0.5) is 34.2 Å². The lowest BCUT2D eigenvalue weighted by atomic mass is 10.3. The monoisotopic (exact) mass is 1060 g/mol. The highest BCUT2D eigenvalue weighted by atomic mass is 35.5. The Kier molecular flexibility index (Phi) is 23.6. The maximum absolute atomic E-state index is 8.96. The summed E-state index contributed by atoms with van der Waals surface area (Å²) in [4.78, 5) is 49.8. The van der Waals surface area contributed by atoms with Gasteiger partial charge in [-0.1, -0.05) is 22.9 Å². The van der Waals surface area contributed by atoms with Gasteiger partial charge in [0.25, 0.3) is 0 Å². The fourth-order valence-electron chi connectivity index (χ4n) is 9.22. The third-order valence-electron chi connectivity index (χ3n) is 13.5. The topological polar surface area (TPSA) is 244 Å². The Hall–Kier alpha value is -4.75. The summed E-state index contributed by atoms with van der Waals surface area (Å²) < 4.78 is 16.1. The van der Waals surface area contributed by atoms with E-state index in [0.29, 0.717) is 38.4 Å². The number of rotatable bonds is 13. The van der Waals surface area contributed by atoms with Crippen LogP contribution in [0.15, 0.2) is 24.4 Å². The van der Waals surface area contributed by atoms with Crippen LogP contribution in [-0.4, -0.2) is 261 Å². The van der Waals surface area contributed by atoms with Crippen molar-refractivity contribution in [2.24, 2.45) is 0 Å². The molecule has 0 saturated carbocycles. The van der Waals surface area contributed by atoms with E-state index in [1.54, 1.807) is 13.1 Å². The molecule has 25 heteroatoms. The minimum Gasteiger partial charge on any atom is -0.384 e. The normalized spacial score (nSPS) is 19.8. The van der Waals surface area contributed by atoms with Crippen LogP contribution in [0.2, 0.25) is 5.15 Å². The van der Waals surface area contributed by atoms with Crippen LogP contribution in [0.5, 0.6) is 0 Å². The van der Waals surface area contributed by atoms with E-state index in [-0.39, 0.29) is 0 Å². The number of nitrogen functional groups attached to an aromatic ring is 2. The number of hydrogen-bond acceptors (Lipinski definition) is 24. The molecule has 10 rings (SSSR count). The number of aromatic nitrogens is 7. The second-order valence-corrected chi connectivity index (χ2v) is 20.3. The second-order valence-electron chi connectivity index (χ2n) is 18.9. The van der Waals surface area contributed by atoms with Crippen LogP contribution in [-0.2, 0) is 14.2 Å². The smallest absolute Gasteiger partial charge is 0.189 e. The van der Waals surface area contributed by atoms with Crippen LogP contribution < -0.4 is 31.9 Å². The molecule has 0 bridgehead atoms. The number of morpholine rings is 3. The average Bonchev–Trinajstić information content (AvgIpc) is 3.88. The molecule has 0 spiro atoms. The second kappa shape index (κ2) is 30.7. The molecule has 0 amide bonds. The zero-order valence-electron chi connectivity index (χ0n) is 43.8. The minimum atomic E-state index is 0.389. The molecule has 0 aliphatic carbocycles. The number of thiazole rings is 1. The van der Waals surface area contributed by atoms with E-state index in [0.717, 1.165) is 194 Å². The van der Waals surface area contributed by atoms with Crippen molar-refractivity contribution in [3.05, 3.63) is 51.9 Å². The molecule has 6 N–H and O–H groups in total. The van der Waals surface area contributed by atoms with E-state index >= 15 is 0 Å². The molecule has 6 aliphatic rings. The van der Waals surface area contributed by atoms with Gasteiger partial charge in [0.15, 0.2) is 5.13 Å². The Morgan fingerprint density at radius 3 is 1.38 bits per heavy atom. The van der Waals surface area contributed by atoms with Gasteiger partial charge in [-0.3, -0.25) is 29.4 Å². The number of nitriles is 1. The molecule has 6 fully saturated rings. The first-order valence-corrected chi connectivity index (χ1v) is 27.4. The zero-order valence-corrected chi connectivity index (χ0v) is 45.4. The summed E-state index contributed by atoms with van der Waals surface area (Å²) in [6.45, 7) is 37.1. The SMILES string of the molecule is C1CN(CCN2CCOCC2)CCN1.Cc1nc(N)cc(Cl)n1.Cc1nc(N)cc(N2CCN(CCN3CCOCC3)CC2)n1.Cc1nc(Nc2ncc(C#N)s2)cc(N2CCN(CCN3CCOCC3)CC2)n1. The molecule has 0 atom stereocenters. The standard InChI is InChI=1S/C19H26N8OS.C15H26N6O.C10H21N3O.C5H6ClN3/c1-15-22-17(24-19-21-14-16(13-20)29-19)12-18(23-15)27-6-4-25(5-7-27)2-3-26-8-10-28-11-9-26;1-13-17-14(16)12-15(18-13)21-6-4-19(5-7-21)2-3-20-8-10-22-11-9-20;1-3-12(4-2-11-1)5-6-13-7-9-14-10-8-13;1-3-8-4(6)2-5(7)9-3/h12,14H,2-11H2,1H3,(H,21,22,23,24);12H,2-11H2,1H3,(H2,16,17,18);11H,1-10H2;2H,1H3,(H2,7,8,9). The van der Waals surface area contributed by atoms with Gasteiger partial charge in [0, 0.05) is 175 Å². The first kappa shape index (κ1) is 57.0. The summed E-state index contributed by atoms with van der Waals surface area (Å²) in [5.41, 5.74) is 11.1. The van der Waals surface area contributed by atoms with E-state index in [1.165, 1.54) is 43.6 Å². The largest absolute Gasteiger partial charge is 0.384 e. The highest BCUT2D eigenvalue weighted by Gasteiger charge is 2.22. The Morgan fingerprint density at radius 1 is 0.554 bits per heavy atom. The summed E-state index contributed by atoms with van der Waals surface area (Å²) in [5, 5.41) is 16.6. The summed E-state index contributed by atoms with van der Waals surface area (Å²) >= 11 is 6.84. The van der Waals surface area contributed by atoms with E-state index in [9.17, 15) is 0 Å². The quantitative estimate of drug-likeness (QED) is 0.138. The van der Waals surface area contributed by atoms with Gasteiger partial charge in [0.1, 0.15) is 62.7 Å². The lowest BCUT2D eigenvalue weighted by molar-refractivity contribution is 0.0328. The van der Waals surface area contributed by atoms with Gasteiger partial charge in [-0.2, -0.15) is 5.26 Å². The third kappa shape index (κ3) is 20.1. The molecule has 4 aromatic rings. The van der Waals surface area contributed by atoms with Crippen molar-refractivity contribution in [3.63, 3.8) is 0 Å². The average molecular weight is 1060 g/mol. The zero-order chi connectivity index (χ0) is 51.9. The lowest BCUT2D eigenvalue weighted by Crippen LogP contribution is -2.49. The summed E-state index contributed by atoms with van der Waals surface area (Å²) in [6.07, 6.45) is 1.57. The molecule has 6 saturated heterocycles. The molecule has 0 radical (unpaired) electrons. The molecule has 406 valence electrons. The highest BCUT2D eigenvalue weighted by molar-refractivity contribution is 7.16. The van der Waals surface area contributed by atoms with Crippen molar-refractivity contribution in [1.82, 2.24) is 69.6 Å². The van der Waals surface area contributed by atoms with Crippen LogP contribution in [0.3, 0.4) is 0 Å². The predicted molar refractivity (Wildman–Crippen MR) is 293 cm³/mol. The molecule has 23 nitrogen and oxygen atoms in total. The fourth-order valence-corrected chi connectivity index (χ4v) is 10.1. The predicted octanol–water partition coefficient (Wildman–Crippen LogP) is 1.38. The van der Waals surface area contributed by atoms with E-state index in [1.807, 2.05) is 26.0 Å². The number of nitrogens with one attached hydrogen (secondary N) is 2. The fraction of sp³-hybridized carbons (Fsp3) is 0.673. The number of anilines is 6. The van der Waals surface area contributed by atoms with Crippen LogP contribution in [0.1, 0.15) is 22.4 Å².